The Morgan fingerprint density at radius 1 is 1.20 bits per heavy atom. The first-order valence-electron chi connectivity index (χ1n) is 5.46. The Labute approximate surface area is 92.4 Å². The highest BCUT2D eigenvalue weighted by molar-refractivity contribution is 5.13. The molecule has 0 radical (unpaired) electrons. The summed E-state index contributed by atoms with van der Waals surface area (Å²) in [7, 11) is 0. The van der Waals surface area contributed by atoms with Crippen molar-refractivity contribution in [3.63, 3.8) is 0 Å². The summed E-state index contributed by atoms with van der Waals surface area (Å²) in [5, 5.41) is 0. The van der Waals surface area contributed by atoms with Gasteiger partial charge in [0.25, 0.3) is 0 Å². The van der Waals surface area contributed by atoms with Crippen molar-refractivity contribution in [2.45, 2.75) is 26.9 Å². The number of nitrogens with two attached hydrogens (primary N) is 1. The van der Waals surface area contributed by atoms with Gasteiger partial charge >= 0.3 is 0 Å². The zero-order valence-corrected chi connectivity index (χ0v) is 9.70. The van der Waals surface area contributed by atoms with Gasteiger partial charge in [-0.3, -0.25) is 0 Å². The molecule has 0 bridgehead atoms. The van der Waals surface area contributed by atoms with Crippen LogP contribution in [0.2, 0.25) is 0 Å². The van der Waals surface area contributed by atoms with Gasteiger partial charge < -0.3 is 10.5 Å². The van der Waals surface area contributed by atoms with Gasteiger partial charge in [-0.05, 0) is 23.9 Å². The first-order chi connectivity index (χ1) is 7.14. The third-order valence-electron chi connectivity index (χ3n) is 2.43. The van der Waals surface area contributed by atoms with Gasteiger partial charge in [-0.15, -0.1) is 0 Å². The number of ether oxygens (including phenoxy) is 1. The summed E-state index contributed by atoms with van der Waals surface area (Å²) in [5.41, 5.74) is 6.95. The van der Waals surface area contributed by atoms with Gasteiger partial charge in [0.1, 0.15) is 0 Å². The normalized spacial score (nSPS) is 11.7. The molecular weight excluding hydrogens is 186 g/mol. The maximum Gasteiger partial charge on any atom is 0.0717 e. The van der Waals surface area contributed by atoms with E-state index in [4.69, 9.17) is 10.5 Å². The van der Waals surface area contributed by atoms with Crippen LogP contribution < -0.4 is 5.73 Å². The minimum absolute atomic E-state index is 0.184. The molecule has 15 heavy (non-hydrogen) atoms. The van der Waals surface area contributed by atoms with Gasteiger partial charge in [-0.2, -0.15) is 0 Å². The molecule has 0 aliphatic carbocycles. The number of hydrogen-bond acceptors (Lipinski definition) is 2. The summed E-state index contributed by atoms with van der Waals surface area (Å²) in [4.78, 5) is 0. The van der Waals surface area contributed by atoms with E-state index in [1.54, 1.807) is 0 Å². The molecule has 84 valence electrons. The van der Waals surface area contributed by atoms with Crippen LogP contribution in [0.3, 0.4) is 0 Å². The Kier molecular flexibility index (Phi) is 4.79. The lowest BCUT2D eigenvalue weighted by Crippen LogP contribution is -2.23. The van der Waals surface area contributed by atoms with Gasteiger partial charge in [-0.25, -0.2) is 0 Å². The van der Waals surface area contributed by atoms with Crippen LogP contribution in [0.4, 0.5) is 0 Å². The monoisotopic (exact) mass is 207 g/mol. The lowest BCUT2D eigenvalue weighted by atomic mass is 9.91. The van der Waals surface area contributed by atoms with E-state index in [2.05, 4.69) is 26.0 Å². The van der Waals surface area contributed by atoms with E-state index < -0.39 is 0 Å². The topological polar surface area (TPSA) is 35.2 Å². The molecule has 2 N–H and O–H groups in total. The SMILES string of the molecule is CC(C)(CCN)COCc1ccccc1. The second kappa shape index (κ2) is 5.89. The number of hydrogen-bond donors (Lipinski definition) is 1. The molecule has 1 rings (SSSR count). The van der Waals surface area contributed by atoms with Crippen LogP contribution in [0.5, 0.6) is 0 Å². The molecule has 0 spiro atoms. The molecule has 0 aliphatic heterocycles. The second-order valence-electron chi connectivity index (χ2n) is 4.68. The van der Waals surface area contributed by atoms with Crippen molar-refractivity contribution in [1.29, 1.82) is 0 Å². The van der Waals surface area contributed by atoms with Crippen LogP contribution in [0, 0.1) is 5.41 Å². The smallest absolute Gasteiger partial charge is 0.0717 e. The van der Waals surface area contributed by atoms with Gasteiger partial charge in [0.05, 0.1) is 13.2 Å². The van der Waals surface area contributed by atoms with Gasteiger partial charge in [-0.1, -0.05) is 44.2 Å². The van der Waals surface area contributed by atoms with Crippen molar-refractivity contribution in [2.24, 2.45) is 11.1 Å². The lowest BCUT2D eigenvalue weighted by Gasteiger charge is -2.23. The Bertz CT molecular complexity index is 269. The molecule has 0 aliphatic rings. The summed E-state index contributed by atoms with van der Waals surface area (Å²) in [6.45, 7) is 6.55. The van der Waals surface area contributed by atoms with Crippen LogP contribution in [-0.2, 0) is 11.3 Å². The Morgan fingerprint density at radius 3 is 2.47 bits per heavy atom. The summed E-state index contributed by atoms with van der Waals surface area (Å²) >= 11 is 0. The maximum atomic E-state index is 5.68. The predicted molar refractivity (Wildman–Crippen MR) is 63.6 cm³/mol. The fourth-order valence-corrected chi connectivity index (χ4v) is 1.48. The van der Waals surface area contributed by atoms with Crippen LogP contribution in [-0.4, -0.2) is 13.2 Å². The molecular formula is C13H21NO. The summed E-state index contributed by atoms with van der Waals surface area (Å²) in [6.07, 6.45) is 1.00. The molecule has 1 aromatic carbocycles. The molecule has 0 saturated carbocycles. The van der Waals surface area contributed by atoms with E-state index >= 15 is 0 Å². The largest absolute Gasteiger partial charge is 0.376 e. The highest BCUT2D eigenvalue weighted by Crippen LogP contribution is 2.20. The Morgan fingerprint density at radius 2 is 1.87 bits per heavy atom. The Balaban J connectivity index is 2.27. The van der Waals surface area contributed by atoms with Crippen molar-refractivity contribution in [1.82, 2.24) is 0 Å². The van der Waals surface area contributed by atoms with Crippen LogP contribution in [0.15, 0.2) is 30.3 Å². The van der Waals surface area contributed by atoms with E-state index in [0.29, 0.717) is 6.61 Å². The average molecular weight is 207 g/mol. The number of rotatable bonds is 6. The van der Waals surface area contributed by atoms with Gasteiger partial charge in [0.15, 0.2) is 0 Å². The second-order valence-corrected chi connectivity index (χ2v) is 4.68. The molecule has 0 unspecified atom stereocenters. The molecule has 2 nitrogen and oxygen atoms in total. The fraction of sp³-hybridized carbons (Fsp3) is 0.538. The quantitative estimate of drug-likeness (QED) is 0.778. The van der Waals surface area contributed by atoms with Gasteiger partial charge in [0, 0.05) is 0 Å². The van der Waals surface area contributed by atoms with Crippen molar-refractivity contribution < 1.29 is 4.74 Å². The molecule has 0 aromatic heterocycles. The third-order valence-corrected chi connectivity index (χ3v) is 2.43. The molecule has 0 amide bonds. The highest BCUT2D eigenvalue weighted by Gasteiger charge is 2.16. The van der Waals surface area contributed by atoms with E-state index in [1.165, 1.54) is 5.56 Å². The van der Waals surface area contributed by atoms with E-state index in [1.807, 2.05) is 18.2 Å². The van der Waals surface area contributed by atoms with E-state index in [0.717, 1.165) is 19.6 Å². The highest BCUT2D eigenvalue weighted by atomic mass is 16.5. The molecule has 0 heterocycles. The number of benzene rings is 1. The zero-order valence-electron chi connectivity index (χ0n) is 9.70. The van der Waals surface area contributed by atoms with Crippen molar-refractivity contribution in [2.75, 3.05) is 13.2 Å². The van der Waals surface area contributed by atoms with Crippen molar-refractivity contribution in [3.05, 3.63) is 35.9 Å². The summed E-state index contributed by atoms with van der Waals surface area (Å²) in [5.74, 6) is 0. The van der Waals surface area contributed by atoms with E-state index in [-0.39, 0.29) is 5.41 Å². The first kappa shape index (κ1) is 12.2. The minimum Gasteiger partial charge on any atom is -0.376 e. The molecule has 0 atom stereocenters. The average Bonchev–Trinajstić information content (AvgIpc) is 2.19. The maximum absolute atomic E-state index is 5.68. The minimum atomic E-state index is 0.184. The predicted octanol–water partition coefficient (Wildman–Crippen LogP) is 2.58. The fourth-order valence-electron chi connectivity index (χ4n) is 1.48. The molecule has 0 saturated heterocycles. The standard InChI is InChI=1S/C13H21NO/c1-13(2,8-9-14)11-15-10-12-6-4-3-5-7-12/h3-7H,8-11,14H2,1-2H3. The van der Waals surface area contributed by atoms with Crippen LogP contribution in [0.25, 0.3) is 0 Å². The van der Waals surface area contributed by atoms with Crippen LogP contribution in [0.1, 0.15) is 25.8 Å². The third kappa shape index (κ3) is 4.96. The van der Waals surface area contributed by atoms with E-state index in [9.17, 15) is 0 Å². The van der Waals surface area contributed by atoms with Gasteiger partial charge in [0.2, 0.25) is 0 Å². The first-order valence-corrected chi connectivity index (χ1v) is 5.46. The summed E-state index contributed by atoms with van der Waals surface area (Å²) < 4.78 is 5.68. The molecule has 2 heteroatoms. The molecule has 1 aromatic rings. The van der Waals surface area contributed by atoms with Crippen molar-refractivity contribution in [3.8, 4) is 0 Å². The summed E-state index contributed by atoms with van der Waals surface area (Å²) in [6, 6.07) is 10.2. The lowest BCUT2D eigenvalue weighted by molar-refractivity contribution is 0.0483. The zero-order chi connectivity index (χ0) is 11.1. The molecule has 0 fully saturated rings. The van der Waals surface area contributed by atoms with Crippen molar-refractivity contribution >= 4 is 0 Å². The Hall–Kier alpha value is -0.860. The van der Waals surface area contributed by atoms with Crippen LogP contribution >= 0.6 is 0 Å².